The molecule has 0 bridgehead atoms. The molecule has 0 aliphatic carbocycles. The van der Waals surface area contributed by atoms with Crippen LogP contribution in [0.1, 0.15) is 41.6 Å². The lowest BCUT2D eigenvalue weighted by molar-refractivity contribution is 0.218. The molecule has 0 saturated carbocycles. The molecule has 0 spiro atoms. The van der Waals surface area contributed by atoms with E-state index in [-0.39, 0.29) is 22.4 Å². The minimum Gasteiger partial charge on any atom is -0.496 e. The van der Waals surface area contributed by atoms with Crippen LogP contribution in [0.4, 0.5) is 8.78 Å². The van der Waals surface area contributed by atoms with Crippen LogP contribution in [0, 0.1) is 23.0 Å². The largest absolute Gasteiger partial charge is 0.496 e. The Morgan fingerprint density at radius 1 is 1.12 bits per heavy atom. The Morgan fingerprint density at radius 3 is 2.53 bits per heavy atom. The number of hydrogen-bond donors (Lipinski definition) is 0. The number of rotatable bonds is 6. The number of likely N-dealkylation sites (tertiary alicyclic amines) is 1. The van der Waals surface area contributed by atoms with Gasteiger partial charge in [0.2, 0.25) is 0 Å². The first kappa shape index (κ1) is 23.9. The summed E-state index contributed by atoms with van der Waals surface area (Å²) < 4.78 is 34.3. The second-order valence-corrected chi connectivity index (χ2v) is 8.59. The predicted octanol–water partition coefficient (Wildman–Crippen LogP) is 6.72. The third-order valence-corrected chi connectivity index (χ3v) is 6.31. The van der Waals surface area contributed by atoms with E-state index in [0.717, 1.165) is 43.1 Å². The van der Waals surface area contributed by atoms with Gasteiger partial charge in [0.15, 0.2) is 0 Å². The molecule has 0 atom stereocenters. The molecule has 34 heavy (non-hydrogen) atoms. The summed E-state index contributed by atoms with van der Waals surface area (Å²) in [4.78, 5) is 6.63. The maximum atomic E-state index is 14.4. The van der Waals surface area contributed by atoms with Crippen LogP contribution in [0.25, 0.3) is 23.3 Å². The summed E-state index contributed by atoms with van der Waals surface area (Å²) in [5.41, 5.74) is 1.96. The van der Waals surface area contributed by atoms with Crippen molar-refractivity contribution in [3.8, 4) is 22.9 Å². The average molecular weight is 480 g/mol. The lowest BCUT2D eigenvalue weighted by Crippen LogP contribution is -2.29. The van der Waals surface area contributed by atoms with Gasteiger partial charge in [0.05, 0.1) is 23.9 Å². The first-order valence-corrected chi connectivity index (χ1v) is 11.5. The van der Waals surface area contributed by atoms with Gasteiger partial charge in [0.25, 0.3) is 0 Å². The summed E-state index contributed by atoms with van der Waals surface area (Å²) >= 11 is 6.57. The van der Waals surface area contributed by atoms with Gasteiger partial charge in [-0.25, -0.2) is 8.78 Å². The van der Waals surface area contributed by atoms with Crippen molar-refractivity contribution in [1.29, 1.82) is 5.26 Å². The summed E-state index contributed by atoms with van der Waals surface area (Å²) in [5.74, 6) is -0.755. The number of hydrogen-bond acceptors (Lipinski definition) is 4. The van der Waals surface area contributed by atoms with Gasteiger partial charge in [0, 0.05) is 28.9 Å². The molecule has 1 saturated heterocycles. The highest BCUT2D eigenvalue weighted by atomic mass is 35.5. The van der Waals surface area contributed by atoms with Crippen LogP contribution in [-0.4, -0.2) is 30.1 Å². The van der Waals surface area contributed by atoms with Crippen molar-refractivity contribution in [2.24, 2.45) is 0 Å². The molecule has 1 aromatic heterocycles. The number of aromatic nitrogens is 1. The van der Waals surface area contributed by atoms with Gasteiger partial charge in [0.1, 0.15) is 23.5 Å². The molecule has 0 N–H and O–H groups in total. The zero-order valence-corrected chi connectivity index (χ0v) is 19.6. The summed E-state index contributed by atoms with van der Waals surface area (Å²) in [7, 11) is 1.62. The number of methoxy groups -OCH3 is 1. The molecule has 0 unspecified atom stereocenters. The van der Waals surface area contributed by atoms with Crippen molar-refractivity contribution >= 4 is 23.8 Å². The maximum absolute atomic E-state index is 14.4. The molecule has 174 valence electrons. The Hall–Kier alpha value is -3.27. The highest BCUT2D eigenvalue weighted by Crippen LogP contribution is 2.32. The summed E-state index contributed by atoms with van der Waals surface area (Å²) in [6.45, 7) is 2.89. The first-order valence-electron chi connectivity index (χ1n) is 11.1. The Kier molecular flexibility index (Phi) is 7.56. The van der Waals surface area contributed by atoms with E-state index in [2.05, 4.69) is 9.88 Å². The summed E-state index contributed by atoms with van der Waals surface area (Å²) in [6.07, 6.45) is 8.42. The molecule has 0 radical (unpaired) electrons. The monoisotopic (exact) mass is 479 g/mol. The van der Waals surface area contributed by atoms with Crippen molar-refractivity contribution in [3.63, 3.8) is 0 Å². The molecule has 2 aromatic carbocycles. The highest BCUT2D eigenvalue weighted by molar-refractivity contribution is 6.32. The number of nitrogens with zero attached hydrogens (tertiary/aromatic N) is 3. The van der Waals surface area contributed by atoms with Crippen LogP contribution >= 0.6 is 11.6 Å². The summed E-state index contributed by atoms with van der Waals surface area (Å²) in [5, 5.41) is 10.3. The number of pyridine rings is 1. The van der Waals surface area contributed by atoms with Crippen molar-refractivity contribution in [2.45, 2.75) is 25.8 Å². The van der Waals surface area contributed by atoms with Crippen molar-refractivity contribution in [2.75, 3.05) is 20.2 Å². The van der Waals surface area contributed by atoms with E-state index in [9.17, 15) is 14.0 Å². The molecule has 1 aliphatic heterocycles. The molecule has 1 aliphatic rings. The Bertz CT molecular complexity index is 1240. The molecule has 4 nitrogen and oxygen atoms in total. The second-order valence-electron chi connectivity index (χ2n) is 8.18. The van der Waals surface area contributed by atoms with Gasteiger partial charge in [-0.05, 0) is 67.9 Å². The first-order chi connectivity index (χ1) is 16.5. The fourth-order valence-electron chi connectivity index (χ4n) is 4.26. The number of piperidine rings is 1. The van der Waals surface area contributed by atoms with Crippen molar-refractivity contribution in [3.05, 3.63) is 81.6 Å². The SMILES string of the molecule is COc1cc(/C=C/c2nccc(-c3c(F)cccc3F)c2C#N)c(Cl)cc1CN1CCCCC1. The van der Waals surface area contributed by atoms with E-state index in [4.69, 9.17) is 16.3 Å². The lowest BCUT2D eigenvalue weighted by Gasteiger charge is -2.27. The highest BCUT2D eigenvalue weighted by Gasteiger charge is 2.18. The van der Waals surface area contributed by atoms with Gasteiger partial charge < -0.3 is 4.74 Å². The number of halogens is 3. The van der Waals surface area contributed by atoms with Crippen LogP contribution in [-0.2, 0) is 6.54 Å². The van der Waals surface area contributed by atoms with Gasteiger partial charge in [-0.3, -0.25) is 9.88 Å². The van der Waals surface area contributed by atoms with E-state index in [1.165, 1.54) is 37.6 Å². The normalized spacial score (nSPS) is 14.3. The third kappa shape index (κ3) is 5.11. The van der Waals surface area contributed by atoms with Crippen molar-refractivity contribution < 1.29 is 13.5 Å². The van der Waals surface area contributed by atoms with E-state index < -0.39 is 11.6 Å². The zero-order chi connectivity index (χ0) is 24.1. The standard InChI is InChI=1S/C27H24ClF2N3O/c1-34-26-15-18(22(28)14-19(26)17-33-12-3-2-4-13-33)8-9-25-21(16-31)20(10-11-32-25)27-23(29)6-5-7-24(27)30/h5-11,14-15H,2-4,12-13,17H2,1H3/b9-8+. The van der Waals surface area contributed by atoms with E-state index in [1.54, 1.807) is 19.3 Å². The van der Waals surface area contributed by atoms with Crippen LogP contribution in [0.5, 0.6) is 5.75 Å². The number of benzene rings is 2. The quantitative estimate of drug-likeness (QED) is 0.394. The van der Waals surface area contributed by atoms with Crippen LogP contribution in [0.3, 0.4) is 0 Å². The van der Waals surface area contributed by atoms with Crippen LogP contribution in [0.15, 0.2) is 42.6 Å². The van der Waals surface area contributed by atoms with Gasteiger partial charge in [-0.1, -0.05) is 30.2 Å². The van der Waals surface area contributed by atoms with Crippen LogP contribution < -0.4 is 4.74 Å². The Morgan fingerprint density at radius 2 is 1.85 bits per heavy atom. The lowest BCUT2D eigenvalue weighted by atomic mass is 9.98. The predicted molar refractivity (Wildman–Crippen MR) is 130 cm³/mol. The van der Waals surface area contributed by atoms with Gasteiger partial charge in [-0.15, -0.1) is 0 Å². The number of nitriles is 1. The molecular weight excluding hydrogens is 456 g/mol. The molecule has 7 heteroatoms. The summed E-state index contributed by atoms with van der Waals surface area (Å²) in [6, 6.07) is 10.8. The minimum absolute atomic E-state index is 0.0764. The third-order valence-electron chi connectivity index (χ3n) is 5.99. The fourth-order valence-corrected chi connectivity index (χ4v) is 4.51. The molecule has 0 amide bonds. The maximum Gasteiger partial charge on any atom is 0.134 e. The number of ether oxygens (including phenoxy) is 1. The fraction of sp³-hybridized carbons (Fsp3) is 0.259. The van der Waals surface area contributed by atoms with E-state index in [1.807, 2.05) is 18.2 Å². The zero-order valence-electron chi connectivity index (χ0n) is 18.8. The molecule has 4 rings (SSSR count). The molecule has 3 aromatic rings. The Labute approximate surface area is 203 Å². The molecular formula is C27H24ClF2N3O. The van der Waals surface area contributed by atoms with E-state index >= 15 is 0 Å². The molecule has 2 heterocycles. The minimum atomic E-state index is -0.741. The van der Waals surface area contributed by atoms with Crippen molar-refractivity contribution in [1.82, 2.24) is 9.88 Å². The topological polar surface area (TPSA) is 49.1 Å². The van der Waals surface area contributed by atoms with Crippen LogP contribution in [0.2, 0.25) is 5.02 Å². The Balaban J connectivity index is 1.67. The second kappa shape index (κ2) is 10.8. The average Bonchev–Trinajstić information content (AvgIpc) is 2.84. The van der Waals surface area contributed by atoms with Gasteiger partial charge in [-0.2, -0.15) is 5.26 Å². The van der Waals surface area contributed by atoms with E-state index in [0.29, 0.717) is 10.6 Å². The van der Waals surface area contributed by atoms with Gasteiger partial charge >= 0.3 is 0 Å². The molecule has 1 fully saturated rings. The smallest absolute Gasteiger partial charge is 0.134 e.